The minimum atomic E-state index is -0.0294. The highest BCUT2D eigenvalue weighted by Gasteiger charge is 2.22. The molecule has 4 nitrogen and oxygen atoms in total. The van der Waals surface area contributed by atoms with E-state index in [1.165, 1.54) is 0 Å². The number of para-hydroxylation sites is 1. The van der Waals surface area contributed by atoms with Gasteiger partial charge >= 0.3 is 0 Å². The van der Waals surface area contributed by atoms with Gasteiger partial charge in [0.05, 0.1) is 5.56 Å². The Morgan fingerprint density at radius 1 is 1.25 bits per heavy atom. The zero-order valence-corrected chi connectivity index (χ0v) is 12.5. The first kappa shape index (κ1) is 15.0. The van der Waals surface area contributed by atoms with Crippen LogP contribution in [0.1, 0.15) is 29.6 Å². The number of ether oxygens (including phenoxy) is 2. The molecule has 0 bridgehead atoms. The van der Waals surface area contributed by atoms with Crippen molar-refractivity contribution in [3.05, 3.63) is 23.8 Å². The number of fused-ring (bicyclic) bond motifs is 1. The summed E-state index contributed by atoms with van der Waals surface area (Å²) < 4.78 is 11.1. The molecule has 0 saturated heterocycles. The van der Waals surface area contributed by atoms with Gasteiger partial charge in [0.25, 0.3) is 5.91 Å². The average Bonchev–Trinajstić information content (AvgIpc) is 2.50. The van der Waals surface area contributed by atoms with Crippen molar-refractivity contribution in [3.8, 4) is 11.5 Å². The molecule has 1 amide bonds. The average molecular weight is 298 g/mol. The number of amides is 1. The highest BCUT2D eigenvalue weighted by molar-refractivity contribution is 6.17. The fraction of sp³-hybridized carbons (Fsp3) is 0.533. The summed E-state index contributed by atoms with van der Waals surface area (Å²) in [6, 6.07) is 5.43. The fourth-order valence-corrected chi connectivity index (χ4v) is 2.36. The van der Waals surface area contributed by atoms with Crippen molar-refractivity contribution in [2.75, 3.05) is 32.7 Å². The Morgan fingerprint density at radius 3 is 2.85 bits per heavy atom. The van der Waals surface area contributed by atoms with E-state index in [0.717, 1.165) is 25.8 Å². The number of carbonyl (C=O) groups is 1. The molecule has 0 N–H and O–H groups in total. The maximum atomic E-state index is 12.4. The molecular formula is C15H20ClNO3. The first-order valence-corrected chi connectivity index (χ1v) is 7.47. The second-order valence-electron chi connectivity index (χ2n) is 4.81. The van der Waals surface area contributed by atoms with E-state index < -0.39 is 0 Å². The number of alkyl halides is 1. The smallest absolute Gasteiger partial charge is 0.257 e. The molecular weight excluding hydrogens is 278 g/mol. The van der Waals surface area contributed by atoms with Gasteiger partial charge in [0.1, 0.15) is 13.2 Å². The fourth-order valence-electron chi connectivity index (χ4n) is 2.17. The number of unbranched alkanes of at least 4 members (excludes halogenated alkanes) is 2. The summed E-state index contributed by atoms with van der Waals surface area (Å²) in [7, 11) is 1.81. The lowest BCUT2D eigenvalue weighted by Gasteiger charge is -2.23. The number of rotatable bonds is 6. The molecule has 5 heteroatoms. The maximum absolute atomic E-state index is 12.4. The van der Waals surface area contributed by atoms with Crippen LogP contribution in [0.5, 0.6) is 11.5 Å². The highest BCUT2D eigenvalue weighted by Crippen LogP contribution is 2.34. The van der Waals surface area contributed by atoms with Gasteiger partial charge in [-0.25, -0.2) is 0 Å². The molecule has 0 spiro atoms. The predicted octanol–water partition coefficient (Wildman–Crippen LogP) is 2.94. The van der Waals surface area contributed by atoms with Crippen LogP contribution in [0.4, 0.5) is 0 Å². The number of halogens is 1. The zero-order valence-electron chi connectivity index (χ0n) is 11.7. The van der Waals surface area contributed by atoms with E-state index >= 15 is 0 Å². The van der Waals surface area contributed by atoms with Crippen molar-refractivity contribution in [3.63, 3.8) is 0 Å². The molecule has 1 aromatic carbocycles. The van der Waals surface area contributed by atoms with Crippen LogP contribution < -0.4 is 9.47 Å². The molecule has 0 aliphatic carbocycles. The molecule has 20 heavy (non-hydrogen) atoms. The standard InChI is InChI=1S/C15H20ClNO3/c1-17(9-4-2-3-8-16)15(18)12-6-5-7-13-14(12)20-11-10-19-13/h5-7H,2-4,8-11H2,1H3. The summed E-state index contributed by atoms with van der Waals surface area (Å²) in [5, 5.41) is 0. The summed E-state index contributed by atoms with van der Waals surface area (Å²) in [6.45, 7) is 1.73. The van der Waals surface area contributed by atoms with Crippen LogP contribution in [0.2, 0.25) is 0 Å². The van der Waals surface area contributed by atoms with E-state index in [9.17, 15) is 4.79 Å². The van der Waals surface area contributed by atoms with Gasteiger partial charge < -0.3 is 14.4 Å². The van der Waals surface area contributed by atoms with Crippen molar-refractivity contribution < 1.29 is 14.3 Å². The van der Waals surface area contributed by atoms with Crippen LogP contribution >= 0.6 is 11.6 Å². The third-order valence-electron chi connectivity index (χ3n) is 3.27. The van der Waals surface area contributed by atoms with E-state index in [-0.39, 0.29) is 5.91 Å². The van der Waals surface area contributed by atoms with Crippen LogP contribution in [0.3, 0.4) is 0 Å². The molecule has 1 aliphatic heterocycles. The van der Waals surface area contributed by atoms with Crippen LogP contribution in [-0.2, 0) is 0 Å². The molecule has 0 radical (unpaired) electrons. The monoisotopic (exact) mass is 297 g/mol. The van der Waals surface area contributed by atoms with Crippen LogP contribution in [0, 0.1) is 0 Å². The Hall–Kier alpha value is -1.42. The Balaban J connectivity index is 2.01. The molecule has 1 aliphatic rings. The van der Waals surface area contributed by atoms with Crippen molar-refractivity contribution in [2.45, 2.75) is 19.3 Å². The summed E-state index contributed by atoms with van der Waals surface area (Å²) in [5.41, 5.74) is 0.571. The molecule has 0 aromatic heterocycles. The van der Waals surface area contributed by atoms with Gasteiger partial charge in [-0.05, 0) is 25.0 Å². The minimum absolute atomic E-state index is 0.0294. The lowest BCUT2D eigenvalue weighted by atomic mass is 10.1. The van der Waals surface area contributed by atoms with Crippen LogP contribution in [-0.4, -0.2) is 43.5 Å². The molecule has 0 saturated carbocycles. The first-order valence-electron chi connectivity index (χ1n) is 6.94. The zero-order chi connectivity index (χ0) is 14.4. The Morgan fingerprint density at radius 2 is 2.05 bits per heavy atom. The van der Waals surface area contributed by atoms with E-state index in [4.69, 9.17) is 21.1 Å². The molecule has 0 fully saturated rings. The largest absolute Gasteiger partial charge is 0.486 e. The van der Waals surface area contributed by atoms with Crippen LogP contribution in [0.25, 0.3) is 0 Å². The minimum Gasteiger partial charge on any atom is -0.486 e. The van der Waals surface area contributed by atoms with E-state index in [1.807, 2.05) is 19.2 Å². The molecule has 1 aromatic rings. The number of hydrogen-bond donors (Lipinski definition) is 0. The third kappa shape index (κ3) is 3.57. The number of nitrogens with zero attached hydrogens (tertiary/aromatic N) is 1. The number of carbonyl (C=O) groups excluding carboxylic acids is 1. The van der Waals surface area contributed by atoms with Crippen LogP contribution in [0.15, 0.2) is 18.2 Å². The summed E-state index contributed by atoms with van der Waals surface area (Å²) in [4.78, 5) is 14.2. The topological polar surface area (TPSA) is 38.8 Å². The van der Waals surface area contributed by atoms with Gasteiger partial charge in [-0.15, -0.1) is 11.6 Å². The lowest BCUT2D eigenvalue weighted by Crippen LogP contribution is -2.29. The van der Waals surface area contributed by atoms with Crippen molar-refractivity contribution >= 4 is 17.5 Å². The third-order valence-corrected chi connectivity index (χ3v) is 3.54. The second-order valence-corrected chi connectivity index (χ2v) is 5.18. The van der Waals surface area contributed by atoms with Gasteiger partial charge in [-0.3, -0.25) is 4.79 Å². The molecule has 0 atom stereocenters. The molecule has 2 rings (SSSR count). The van der Waals surface area contributed by atoms with Crippen molar-refractivity contribution in [1.29, 1.82) is 0 Å². The normalized spacial score (nSPS) is 13.1. The Labute approximate surface area is 124 Å². The predicted molar refractivity (Wildman–Crippen MR) is 79.0 cm³/mol. The Kier molecular flexibility index (Phi) is 5.53. The van der Waals surface area contributed by atoms with E-state index in [2.05, 4.69) is 0 Å². The number of benzene rings is 1. The second kappa shape index (κ2) is 7.39. The van der Waals surface area contributed by atoms with E-state index in [1.54, 1.807) is 11.0 Å². The SMILES string of the molecule is CN(CCCCCCl)C(=O)c1cccc2c1OCCO2. The van der Waals surface area contributed by atoms with Crippen molar-refractivity contribution in [2.24, 2.45) is 0 Å². The molecule has 0 unspecified atom stereocenters. The van der Waals surface area contributed by atoms with Gasteiger partial charge in [0.2, 0.25) is 0 Å². The van der Waals surface area contributed by atoms with Gasteiger partial charge in [-0.2, -0.15) is 0 Å². The molecule has 1 heterocycles. The molecule has 110 valence electrons. The number of hydrogen-bond acceptors (Lipinski definition) is 3. The maximum Gasteiger partial charge on any atom is 0.257 e. The summed E-state index contributed by atoms with van der Waals surface area (Å²) in [6.07, 6.45) is 2.98. The highest BCUT2D eigenvalue weighted by atomic mass is 35.5. The van der Waals surface area contributed by atoms with Crippen molar-refractivity contribution in [1.82, 2.24) is 4.90 Å². The first-order chi connectivity index (χ1) is 9.74. The summed E-state index contributed by atoms with van der Waals surface area (Å²) >= 11 is 5.64. The van der Waals surface area contributed by atoms with Gasteiger partial charge in [-0.1, -0.05) is 12.5 Å². The van der Waals surface area contributed by atoms with Gasteiger partial charge in [0.15, 0.2) is 11.5 Å². The van der Waals surface area contributed by atoms with Gasteiger partial charge in [0, 0.05) is 19.5 Å². The Bertz CT molecular complexity index is 464. The lowest BCUT2D eigenvalue weighted by molar-refractivity contribution is 0.0782. The quantitative estimate of drug-likeness (QED) is 0.598. The summed E-state index contributed by atoms with van der Waals surface area (Å²) in [5.74, 6) is 1.86. The van der Waals surface area contributed by atoms with E-state index in [0.29, 0.717) is 36.2 Å².